The number of carbonyl (C=O) groups excluding carboxylic acids is 1. The SMILES string of the molecule is COC(=O)CN(c1ccc(C)c(C)c1)S(=O)(=O)c1ccc(Br)cc1. The van der Waals surface area contributed by atoms with Gasteiger partial charge in [-0.1, -0.05) is 22.0 Å². The van der Waals surface area contributed by atoms with E-state index in [1.807, 2.05) is 19.9 Å². The van der Waals surface area contributed by atoms with Crippen LogP contribution < -0.4 is 4.31 Å². The van der Waals surface area contributed by atoms with E-state index in [1.54, 1.807) is 24.3 Å². The predicted molar refractivity (Wildman–Crippen MR) is 96.6 cm³/mol. The molecule has 0 bridgehead atoms. The van der Waals surface area contributed by atoms with Gasteiger partial charge in [0.15, 0.2) is 0 Å². The quantitative estimate of drug-likeness (QED) is 0.706. The molecule has 24 heavy (non-hydrogen) atoms. The Kier molecular flexibility index (Phi) is 5.66. The van der Waals surface area contributed by atoms with Crippen LogP contribution in [0.2, 0.25) is 0 Å². The van der Waals surface area contributed by atoms with Gasteiger partial charge >= 0.3 is 5.97 Å². The number of anilines is 1. The average molecular weight is 412 g/mol. The maximum Gasteiger partial charge on any atom is 0.326 e. The van der Waals surface area contributed by atoms with E-state index in [4.69, 9.17) is 0 Å². The van der Waals surface area contributed by atoms with E-state index >= 15 is 0 Å². The van der Waals surface area contributed by atoms with Crippen molar-refractivity contribution >= 4 is 37.6 Å². The number of sulfonamides is 1. The van der Waals surface area contributed by atoms with Gasteiger partial charge in [0.25, 0.3) is 10.0 Å². The summed E-state index contributed by atoms with van der Waals surface area (Å²) in [7, 11) is -2.66. The number of benzene rings is 2. The number of carbonyl (C=O) groups is 1. The molecule has 2 rings (SSSR count). The lowest BCUT2D eigenvalue weighted by molar-refractivity contribution is -0.138. The second kappa shape index (κ2) is 7.36. The van der Waals surface area contributed by atoms with Crippen molar-refractivity contribution < 1.29 is 17.9 Å². The van der Waals surface area contributed by atoms with Gasteiger partial charge in [0, 0.05) is 4.47 Å². The number of hydrogen-bond donors (Lipinski definition) is 0. The molecule has 0 aliphatic rings. The monoisotopic (exact) mass is 411 g/mol. The van der Waals surface area contributed by atoms with Crippen molar-refractivity contribution in [2.75, 3.05) is 18.0 Å². The number of nitrogens with zero attached hydrogens (tertiary/aromatic N) is 1. The van der Waals surface area contributed by atoms with E-state index in [2.05, 4.69) is 20.7 Å². The topological polar surface area (TPSA) is 63.7 Å². The lowest BCUT2D eigenvalue weighted by atomic mass is 10.1. The lowest BCUT2D eigenvalue weighted by Crippen LogP contribution is -2.36. The highest BCUT2D eigenvalue weighted by Crippen LogP contribution is 2.26. The highest BCUT2D eigenvalue weighted by atomic mass is 79.9. The van der Waals surface area contributed by atoms with Crippen molar-refractivity contribution in [3.63, 3.8) is 0 Å². The first-order chi connectivity index (χ1) is 11.3. The fourth-order valence-corrected chi connectivity index (χ4v) is 3.78. The molecule has 5 nitrogen and oxygen atoms in total. The van der Waals surface area contributed by atoms with E-state index in [9.17, 15) is 13.2 Å². The van der Waals surface area contributed by atoms with Gasteiger partial charge in [0.05, 0.1) is 17.7 Å². The number of halogens is 1. The summed E-state index contributed by atoms with van der Waals surface area (Å²) in [6.07, 6.45) is 0. The zero-order valence-corrected chi connectivity index (χ0v) is 16.0. The smallest absolute Gasteiger partial charge is 0.326 e. The van der Waals surface area contributed by atoms with Crippen molar-refractivity contribution in [1.29, 1.82) is 0 Å². The molecule has 0 saturated heterocycles. The summed E-state index contributed by atoms with van der Waals surface area (Å²) in [5, 5.41) is 0. The minimum atomic E-state index is -3.89. The van der Waals surface area contributed by atoms with Crippen LogP contribution in [0.15, 0.2) is 51.8 Å². The normalized spacial score (nSPS) is 11.2. The van der Waals surface area contributed by atoms with Gasteiger partial charge in [-0.15, -0.1) is 0 Å². The highest BCUT2D eigenvalue weighted by Gasteiger charge is 2.27. The van der Waals surface area contributed by atoms with Crippen molar-refractivity contribution in [3.05, 3.63) is 58.1 Å². The zero-order valence-electron chi connectivity index (χ0n) is 13.6. The molecule has 0 spiro atoms. The lowest BCUT2D eigenvalue weighted by Gasteiger charge is -2.24. The number of ether oxygens (including phenoxy) is 1. The van der Waals surface area contributed by atoms with Crippen LogP contribution in [0.3, 0.4) is 0 Å². The Hall–Kier alpha value is -1.86. The van der Waals surface area contributed by atoms with Gasteiger partial charge in [0.1, 0.15) is 6.54 Å². The Bertz CT molecular complexity index is 847. The molecule has 2 aromatic carbocycles. The van der Waals surface area contributed by atoms with E-state index < -0.39 is 22.5 Å². The van der Waals surface area contributed by atoms with Crippen molar-refractivity contribution in [3.8, 4) is 0 Å². The third kappa shape index (κ3) is 3.96. The van der Waals surface area contributed by atoms with Gasteiger partial charge in [-0.3, -0.25) is 9.10 Å². The van der Waals surface area contributed by atoms with Crippen molar-refractivity contribution in [2.45, 2.75) is 18.7 Å². The minimum absolute atomic E-state index is 0.104. The van der Waals surface area contributed by atoms with Crippen LogP contribution in [-0.2, 0) is 19.6 Å². The molecule has 0 fully saturated rings. The highest BCUT2D eigenvalue weighted by molar-refractivity contribution is 9.10. The van der Waals surface area contributed by atoms with E-state index in [-0.39, 0.29) is 4.90 Å². The molecule has 0 aliphatic heterocycles. The van der Waals surface area contributed by atoms with Gasteiger partial charge in [-0.2, -0.15) is 0 Å². The Morgan fingerprint density at radius 3 is 2.25 bits per heavy atom. The Morgan fingerprint density at radius 2 is 1.71 bits per heavy atom. The molecule has 7 heteroatoms. The number of aryl methyl sites for hydroxylation is 2. The van der Waals surface area contributed by atoms with E-state index in [1.165, 1.54) is 19.2 Å². The van der Waals surface area contributed by atoms with Crippen LogP contribution in [0.25, 0.3) is 0 Å². The largest absolute Gasteiger partial charge is 0.468 e. The number of rotatable bonds is 5. The molecule has 0 radical (unpaired) electrons. The summed E-state index contributed by atoms with van der Waals surface area (Å²) >= 11 is 3.28. The summed E-state index contributed by atoms with van der Waals surface area (Å²) in [6, 6.07) is 11.5. The minimum Gasteiger partial charge on any atom is -0.468 e. The van der Waals surface area contributed by atoms with Crippen LogP contribution in [0.4, 0.5) is 5.69 Å². The molecule has 0 saturated carbocycles. The Morgan fingerprint density at radius 1 is 1.08 bits per heavy atom. The summed E-state index contributed by atoms with van der Waals surface area (Å²) < 4.78 is 32.5. The van der Waals surface area contributed by atoms with Gasteiger partial charge in [0.2, 0.25) is 0 Å². The van der Waals surface area contributed by atoms with Gasteiger partial charge < -0.3 is 4.74 Å². The van der Waals surface area contributed by atoms with Crippen LogP contribution in [0.1, 0.15) is 11.1 Å². The zero-order chi connectivity index (χ0) is 17.9. The van der Waals surface area contributed by atoms with Crippen LogP contribution in [0, 0.1) is 13.8 Å². The van der Waals surface area contributed by atoms with Gasteiger partial charge in [-0.05, 0) is 61.4 Å². The maximum absolute atomic E-state index is 13.0. The number of methoxy groups -OCH3 is 1. The standard InChI is InChI=1S/C17H18BrNO4S/c1-12-4-7-15(10-13(12)2)19(11-17(20)23-3)24(21,22)16-8-5-14(18)6-9-16/h4-10H,11H2,1-3H3. The molecule has 128 valence electrons. The molecule has 0 atom stereocenters. The summed E-state index contributed by atoms with van der Waals surface area (Å²) in [6.45, 7) is 3.44. The van der Waals surface area contributed by atoms with Crippen LogP contribution >= 0.6 is 15.9 Å². The molecule has 0 aromatic heterocycles. The first-order valence-corrected chi connectivity index (χ1v) is 9.41. The fourth-order valence-electron chi connectivity index (χ4n) is 2.11. The number of esters is 1. The Labute approximate surface area is 150 Å². The molecular weight excluding hydrogens is 394 g/mol. The van der Waals surface area contributed by atoms with Gasteiger partial charge in [-0.25, -0.2) is 8.42 Å². The number of hydrogen-bond acceptors (Lipinski definition) is 4. The average Bonchev–Trinajstić information content (AvgIpc) is 2.55. The van der Waals surface area contributed by atoms with Crippen LogP contribution in [-0.4, -0.2) is 28.0 Å². The third-order valence-corrected chi connectivity index (χ3v) is 6.00. The fraction of sp³-hybridized carbons (Fsp3) is 0.235. The summed E-state index contributed by atoms with van der Waals surface area (Å²) in [5.74, 6) is -0.631. The third-order valence-electron chi connectivity index (χ3n) is 3.68. The predicted octanol–water partition coefficient (Wildman–Crippen LogP) is 3.43. The molecule has 2 aromatic rings. The van der Waals surface area contributed by atoms with E-state index in [0.717, 1.165) is 19.9 Å². The molecule has 0 heterocycles. The molecule has 0 amide bonds. The Balaban J connectivity index is 2.54. The molecular formula is C17H18BrNO4S. The summed E-state index contributed by atoms with van der Waals surface area (Å²) in [5.41, 5.74) is 2.40. The molecule has 0 unspecified atom stereocenters. The molecule has 0 N–H and O–H groups in total. The maximum atomic E-state index is 13.0. The molecule has 0 aliphatic carbocycles. The van der Waals surface area contributed by atoms with Crippen molar-refractivity contribution in [2.24, 2.45) is 0 Å². The first kappa shape index (κ1) is 18.5. The second-order valence-electron chi connectivity index (χ2n) is 5.31. The van der Waals surface area contributed by atoms with E-state index in [0.29, 0.717) is 5.69 Å². The van der Waals surface area contributed by atoms with Crippen molar-refractivity contribution in [1.82, 2.24) is 0 Å². The first-order valence-electron chi connectivity index (χ1n) is 7.18. The second-order valence-corrected chi connectivity index (χ2v) is 8.09. The summed E-state index contributed by atoms with van der Waals surface area (Å²) in [4.78, 5) is 11.8. The van der Waals surface area contributed by atoms with Crippen LogP contribution in [0.5, 0.6) is 0 Å².